The van der Waals surface area contributed by atoms with Gasteiger partial charge in [0.2, 0.25) is 0 Å². The molecule has 3 nitrogen and oxygen atoms in total. The summed E-state index contributed by atoms with van der Waals surface area (Å²) in [6, 6.07) is 11.5. The smallest absolute Gasteiger partial charge is 0.159 e. The van der Waals surface area contributed by atoms with Gasteiger partial charge < -0.3 is 0 Å². The lowest BCUT2D eigenvalue weighted by Crippen LogP contribution is -2.25. The Morgan fingerprint density at radius 1 is 0.933 bits per heavy atom. The van der Waals surface area contributed by atoms with Gasteiger partial charge in [-0.05, 0) is 62.0 Å². The van der Waals surface area contributed by atoms with E-state index >= 15 is 0 Å². The molecule has 0 saturated heterocycles. The van der Waals surface area contributed by atoms with Gasteiger partial charge in [-0.25, -0.2) is 9.97 Å². The highest BCUT2D eigenvalue weighted by Gasteiger charge is 2.35. The van der Waals surface area contributed by atoms with Gasteiger partial charge in [-0.15, -0.1) is 0 Å². The normalized spacial score (nSPS) is 21.3. The van der Waals surface area contributed by atoms with Gasteiger partial charge in [-0.3, -0.25) is 0 Å². The predicted octanol–water partition coefficient (Wildman–Crippen LogP) is 7.62. The van der Waals surface area contributed by atoms with Gasteiger partial charge in [-0.2, -0.15) is 5.26 Å². The Bertz CT molecular complexity index is 793. The first kappa shape index (κ1) is 22.5. The van der Waals surface area contributed by atoms with Crippen molar-refractivity contribution in [2.45, 2.75) is 96.8 Å². The molecule has 1 aromatic carbocycles. The van der Waals surface area contributed by atoms with E-state index in [-0.39, 0.29) is 5.41 Å². The first-order chi connectivity index (χ1) is 14.7. The van der Waals surface area contributed by atoms with Crippen molar-refractivity contribution in [3.8, 4) is 17.5 Å². The Labute approximate surface area is 183 Å². The SMILES string of the molecule is CCCCCC[C@]1(C#N)CC[C@H](c2ccc(-c3ncc(CCCC)cn3)cc2)CC1. The minimum atomic E-state index is -0.0719. The molecule has 3 heteroatoms. The number of unbranched alkanes of at least 4 members (excludes halogenated alkanes) is 4. The average Bonchev–Trinajstić information content (AvgIpc) is 2.81. The molecule has 2 aromatic rings. The summed E-state index contributed by atoms with van der Waals surface area (Å²) in [5.74, 6) is 1.38. The van der Waals surface area contributed by atoms with Gasteiger partial charge in [0.1, 0.15) is 0 Å². The topological polar surface area (TPSA) is 49.6 Å². The molecule has 1 heterocycles. The molecular formula is C27H37N3. The van der Waals surface area contributed by atoms with Gasteiger partial charge >= 0.3 is 0 Å². The molecular weight excluding hydrogens is 366 g/mol. The van der Waals surface area contributed by atoms with Crippen LogP contribution in [0.15, 0.2) is 36.7 Å². The predicted molar refractivity (Wildman–Crippen MR) is 124 cm³/mol. The lowest BCUT2D eigenvalue weighted by molar-refractivity contribution is 0.223. The molecule has 30 heavy (non-hydrogen) atoms. The second-order valence-corrected chi connectivity index (χ2v) is 9.12. The Hall–Kier alpha value is -2.21. The molecule has 3 rings (SSSR count). The summed E-state index contributed by atoms with van der Waals surface area (Å²) < 4.78 is 0. The fraction of sp³-hybridized carbons (Fsp3) is 0.593. The van der Waals surface area contributed by atoms with E-state index in [1.165, 1.54) is 49.7 Å². The summed E-state index contributed by atoms with van der Waals surface area (Å²) in [5.41, 5.74) is 3.63. The summed E-state index contributed by atoms with van der Waals surface area (Å²) in [4.78, 5) is 9.14. The van der Waals surface area contributed by atoms with Crippen molar-refractivity contribution in [2.24, 2.45) is 5.41 Å². The average molecular weight is 404 g/mol. The summed E-state index contributed by atoms with van der Waals surface area (Å²) in [5, 5.41) is 9.82. The molecule has 1 fully saturated rings. The third-order valence-electron chi connectivity index (χ3n) is 6.85. The first-order valence-electron chi connectivity index (χ1n) is 12.0. The van der Waals surface area contributed by atoms with Crippen LogP contribution in [0.4, 0.5) is 0 Å². The Balaban J connectivity index is 1.56. The highest BCUT2D eigenvalue weighted by atomic mass is 14.9. The van der Waals surface area contributed by atoms with E-state index in [1.807, 2.05) is 12.4 Å². The molecule has 1 aliphatic carbocycles. The van der Waals surface area contributed by atoms with Crippen LogP contribution in [-0.2, 0) is 6.42 Å². The Morgan fingerprint density at radius 3 is 2.20 bits per heavy atom. The van der Waals surface area contributed by atoms with Crippen molar-refractivity contribution in [1.82, 2.24) is 9.97 Å². The van der Waals surface area contributed by atoms with Gasteiger partial charge in [0.25, 0.3) is 0 Å². The highest BCUT2D eigenvalue weighted by molar-refractivity contribution is 5.55. The number of nitriles is 1. The van der Waals surface area contributed by atoms with Crippen LogP contribution in [0.1, 0.15) is 102 Å². The van der Waals surface area contributed by atoms with Crippen LogP contribution in [0.25, 0.3) is 11.4 Å². The van der Waals surface area contributed by atoms with Gasteiger partial charge in [0.15, 0.2) is 5.82 Å². The standard InChI is InChI=1S/C27H37N3/c1-3-5-7-8-16-27(21-28)17-14-24(15-18-27)23-10-12-25(13-11-23)26-29-19-22(20-30-26)9-6-4-2/h10-13,19-20,24H,3-9,14-18H2,1-2H3/t24-,27-. The largest absolute Gasteiger partial charge is 0.236 e. The number of rotatable bonds is 10. The number of benzene rings is 1. The van der Waals surface area contributed by atoms with Crippen molar-refractivity contribution >= 4 is 0 Å². The summed E-state index contributed by atoms with van der Waals surface area (Å²) in [6.45, 7) is 4.45. The van der Waals surface area contributed by atoms with E-state index in [0.717, 1.165) is 49.9 Å². The van der Waals surface area contributed by atoms with Crippen molar-refractivity contribution in [1.29, 1.82) is 5.26 Å². The molecule has 1 saturated carbocycles. The molecule has 0 radical (unpaired) electrons. The molecule has 1 aromatic heterocycles. The Kier molecular flexibility index (Phi) is 8.43. The maximum Gasteiger partial charge on any atom is 0.159 e. The zero-order valence-corrected chi connectivity index (χ0v) is 18.9. The van der Waals surface area contributed by atoms with Crippen LogP contribution < -0.4 is 0 Å². The third kappa shape index (κ3) is 5.91. The minimum Gasteiger partial charge on any atom is -0.236 e. The molecule has 0 aliphatic heterocycles. The van der Waals surface area contributed by atoms with E-state index in [0.29, 0.717) is 5.92 Å². The van der Waals surface area contributed by atoms with E-state index in [4.69, 9.17) is 0 Å². The van der Waals surface area contributed by atoms with Gasteiger partial charge in [0, 0.05) is 18.0 Å². The monoisotopic (exact) mass is 403 g/mol. The fourth-order valence-electron chi connectivity index (χ4n) is 4.73. The number of nitrogens with zero attached hydrogens (tertiary/aromatic N) is 3. The van der Waals surface area contributed by atoms with Gasteiger partial charge in [-0.1, -0.05) is 70.2 Å². The number of aryl methyl sites for hydroxylation is 1. The lowest BCUT2D eigenvalue weighted by Gasteiger charge is -2.35. The number of aromatic nitrogens is 2. The van der Waals surface area contributed by atoms with Crippen LogP contribution in [-0.4, -0.2) is 9.97 Å². The number of hydrogen-bond acceptors (Lipinski definition) is 3. The van der Waals surface area contributed by atoms with Crippen molar-refractivity contribution in [3.05, 3.63) is 47.8 Å². The van der Waals surface area contributed by atoms with Crippen LogP contribution >= 0.6 is 0 Å². The van der Waals surface area contributed by atoms with Crippen LogP contribution in [0.3, 0.4) is 0 Å². The molecule has 0 amide bonds. The molecule has 0 atom stereocenters. The van der Waals surface area contributed by atoms with Crippen LogP contribution in [0.2, 0.25) is 0 Å². The Morgan fingerprint density at radius 2 is 1.60 bits per heavy atom. The molecule has 1 aliphatic rings. The first-order valence-corrected chi connectivity index (χ1v) is 12.0. The highest BCUT2D eigenvalue weighted by Crippen LogP contribution is 2.45. The van der Waals surface area contributed by atoms with E-state index in [9.17, 15) is 5.26 Å². The molecule has 0 spiro atoms. The van der Waals surface area contributed by atoms with Crippen molar-refractivity contribution < 1.29 is 0 Å². The zero-order chi connectivity index (χ0) is 21.2. The molecule has 0 unspecified atom stereocenters. The zero-order valence-electron chi connectivity index (χ0n) is 18.9. The summed E-state index contributed by atoms with van der Waals surface area (Å²) >= 11 is 0. The van der Waals surface area contributed by atoms with Crippen LogP contribution in [0.5, 0.6) is 0 Å². The van der Waals surface area contributed by atoms with E-state index < -0.39 is 0 Å². The second-order valence-electron chi connectivity index (χ2n) is 9.12. The van der Waals surface area contributed by atoms with Gasteiger partial charge in [0.05, 0.1) is 11.5 Å². The maximum absolute atomic E-state index is 9.82. The fourth-order valence-corrected chi connectivity index (χ4v) is 4.73. The maximum atomic E-state index is 9.82. The second kappa shape index (κ2) is 11.3. The molecule has 0 bridgehead atoms. The molecule has 0 N–H and O–H groups in total. The minimum absolute atomic E-state index is 0.0719. The quantitative estimate of drug-likeness (QED) is 0.383. The van der Waals surface area contributed by atoms with Crippen LogP contribution in [0, 0.1) is 16.7 Å². The number of hydrogen-bond donors (Lipinski definition) is 0. The summed E-state index contributed by atoms with van der Waals surface area (Å²) in [6.07, 6.45) is 17.8. The third-order valence-corrected chi connectivity index (χ3v) is 6.85. The lowest BCUT2D eigenvalue weighted by atomic mass is 9.67. The van der Waals surface area contributed by atoms with Crippen molar-refractivity contribution in [2.75, 3.05) is 0 Å². The van der Waals surface area contributed by atoms with E-state index in [2.05, 4.69) is 54.2 Å². The van der Waals surface area contributed by atoms with E-state index in [1.54, 1.807) is 0 Å². The van der Waals surface area contributed by atoms with Crippen molar-refractivity contribution in [3.63, 3.8) is 0 Å². The molecule has 160 valence electrons. The summed E-state index contributed by atoms with van der Waals surface area (Å²) in [7, 11) is 0.